The lowest BCUT2D eigenvalue weighted by Gasteiger charge is -2.20. The van der Waals surface area contributed by atoms with Crippen molar-refractivity contribution in [3.63, 3.8) is 0 Å². The van der Waals surface area contributed by atoms with Gasteiger partial charge in [-0.15, -0.1) is 0 Å². The number of phosphoric acid groups is 1. The summed E-state index contributed by atoms with van der Waals surface area (Å²) >= 11 is 0. The molecule has 276 valence electrons. The Labute approximate surface area is 288 Å². The molecule has 48 heavy (non-hydrogen) atoms. The number of carboxylic acid groups (broad SMARTS) is 1. The zero-order valence-electron chi connectivity index (χ0n) is 29.3. The van der Waals surface area contributed by atoms with Crippen molar-refractivity contribution in [3.05, 3.63) is 48.6 Å². The molecule has 0 heterocycles. The van der Waals surface area contributed by atoms with E-state index in [0.29, 0.717) is 19.3 Å². The minimum absolute atomic E-state index is 0.145. The van der Waals surface area contributed by atoms with Gasteiger partial charge in [0.05, 0.1) is 13.2 Å². The van der Waals surface area contributed by atoms with Gasteiger partial charge in [-0.3, -0.25) is 23.4 Å². The second kappa shape index (κ2) is 31.7. The van der Waals surface area contributed by atoms with Crippen LogP contribution in [0.3, 0.4) is 0 Å². The molecule has 4 N–H and O–H groups in total. The van der Waals surface area contributed by atoms with Crippen molar-refractivity contribution in [2.45, 2.75) is 142 Å². The van der Waals surface area contributed by atoms with Crippen LogP contribution < -0.4 is 5.73 Å². The standard InChI is InChI=1S/C36H62NO10P/c1-3-5-7-9-11-12-13-14-15-16-17-18-19-20-22-23-25-27-34(38)44-29-32(30-45-48(42,43)46-31-33(37)36(40)41)47-35(39)28-26-24-21-10-8-6-4-2/h11-12,14-15,17-18,20,22,32-33H,3-10,13,16,19,21,23-31,37H2,1-2H3,(H,40,41)(H,42,43)/b12-11+,15-14+,18-17+,22-20+/t32-,33+/m0/s1. The van der Waals surface area contributed by atoms with E-state index in [0.717, 1.165) is 57.8 Å². The van der Waals surface area contributed by atoms with E-state index in [9.17, 15) is 23.8 Å². The lowest BCUT2D eigenvalue weighted by atomic mass is 10.1. The maximum absolute atomic E-state index is 12.4. The van der Waals surface area contributed by atoms with Gasteiger partial charge in [-0.1, -0.05) is 114 Å². The highest BCUT2D eigenvalue weighted by Gasteiger charge is 2.28. The van der Waals surface area contributed by atoms with Gasteiger partial charge in [-0.25, -0.2) is 4.57 Å². The van der Waals surface area contributed by atoms with Crippen LogP contribution in [0.15, 0.2) is 48.6 Å². The number of aliphatic carboxylic acids is 1. The number of carbonyl (C=O) groups excluding carboxylic acids is 2. The van der Waals surface area contributed by atoms with E-state index >= 15 is 0 Å². The molecule has 0 aromatic carbocycles. The first-order valence-corrected chi connectivity index (χ1v) is 19.2. The lowest BCUT2D eigenvalue weighted by Crippen LogP contribution is -2.34. The van der Waals surface area contributed by atoms with E-state index in [1.807, 2.05) is 12.2 Å². The first-order valence-electron chi connectivity index (χ1n) is 17.7. The summed E-state index contributed by atoms with van der Waals surface area (Å²) in [7, 11) is -4.71. The third kappa shape index (κ3) is 30.8. The average molecular weight is 700 g/mol. The topological polar surface area (TPSA) is 172 Å². The fourth-order valence-corrected chi connectivity index (χ4v) is 5.01. The SMILES string of the molecule is CCCCC/C=C/C/C=C/C/C=C/C/C=C/CCCC(=O)OC[C@@H](COP(=O)(O)OC[C@@H](N)C(=O)O)OC(=O)CCCCCCCCC. The number of hydrogen-bond acceptors (Lipinski definition) is 9. The number of esters is 2. The second-order valence-electron chi connectivity index (χ2n) is 11.7. The van der Waals surface area contributed by atoms with Crippen molar-refractivity contribution < 1.29 is 47.5 Å². The summed E-state index contributed by atoms with van der Waals surface area (Å²) in [5.74, 6) is -2.47. The van der Waals surface area contributed by atoms with Gasteiger partial charge in [0.15, 0.2) is 6.10 Å². The zero-order valence-corrected chi connectivity index (χ0v) is 30.2. The predicted octanol–water partition coefficient (Wildman–Crippen LogP) is 8.27. The molecule has 0 rings (SSSR count). The van der Waals surface area contributed by atoms with Gasteiger partial charge < -0.3 is 25.2 Å². The number of allylic oxidation sites excluding steroid dienone is 8. The predicted molar refractivity (Wildman–Crippen MR) is 189 cm³/mol. The Morgan fingerprint density at radius 2 is 1.12 bits per heavy atom. The monoisotopic (exact) mass is 699 g/mol. The van der Waals surface area contributed by atoms with E-state index in [2.05, 4.69) is 54.8 Å². The Morgan fingerprint density at radius 3 is 1.71 bits per heavy atom. The van der Waals surface area contributed by atoms with Crippen LogP contribution in [-0.4, -0.2) is 59.9 Å². The molecule has 0 aromatic rings. The van der Waals surface area contributed by atoms with Gasteiger partial charge in [-0.2, -0.15) is 0 Å². The largest absolute Gasteiger partial charge is 0.480 e. The molecule has 0 radical (unpaired) electrons. The molecule has 11 nitrogen and oxygen atoms in total. The van der Waals surface area contributed by atoms with Gasteiger partial charge in [-0.05, 0) is 51.4 Å². The molecule has 0 aliphatic heterocycles. The van der Waals surface area contributed by atoms with Gasteiger partial charge in [0.1, 0.15) is 12.6 Å². The highest BCUT2D eigenvalue weighted by molar-refractivity contribution is 7.47. The normalized spacial score (nSPS) is 14.6. The van der Waals surface area contributed by atoms with Crippen LogP contribution in [0.1, 0.15) is 129 Å². The number of nitrogens with two attached hydrogens (primary N) is 1. The van der Waals surface area contributed by atoms with Gasteiger partial charge in [0, 0.05) is 12.8 Å². The minimum Gasteiger partial charge on any atom is -0.480 e. The Hall–Kier alpha value is -2.56. The van der Waals surface area contributed by atoms with Crippen LogP contribution in [0.2, 0.25) is 0 Å². The fourth-order valence-electron chi connectivity index (χ4n) is 4.23. The average Bonchev–Trinajstić information content (AvgIpc) is 3.05. The molecular formula is C36H62NO10P. The number of carbonyl (C=O) groups is 3. The lowest BCUT2D eigenvalue weighted by molar-refractivity contribution is -0.161. The van der Waals surface area contributed by atoms with Crippen molar-refractivity contribution in [1.29, 1.82) is 0 Å². The molecule has 0 aliphatic rings. The second-order valence-corrected chi connectivity index (χ2v) is 13.1. The fraction of sp³-hybridized carbons (Fsp3) is 0.694. The van der Waals surface area contributed by atoms with Crippen molar-refractivity contribution >= 4 is 25.7 Å². The van der Waals surface area contributed by atoms with Crippen LogP contribution in [0.5, 0.6) is 0 Å². The molecule has 0 amide bonds. The Kier molecular flexibility index (Phi) is 30.0. The quantitative estimate of drug-likeness (QED) is 0.0267. The van der Waals surface area contributed by atoms with Gasteiger partial charge >= 0.3 is 25.7 Å². The highest BCUT2D eigenvalue weighted by atomic mass is 31.2. The summed E-state index contributed by atoms with van der Waals surface area (Å²) in [6.45, 7) is 2.62. The molecule has 3 atom stereocenters. The molecule has 12 heteroatoms. The van der Waals surface area contributed by atoms with E-state index in [4.69, 9.17) is 24.8 Å². The molecule has 0 spiro atoms. The number of carboxylic acids is 1. The van der Waals surface area contributed by atoms with Crippen LogP contribution >= 0.6 is 7.82 Å². The van der Waals surface area contributed by atoms with E-state index in [-0.39, 0.29) is 19.4 Å². The molecule has 0 bridgehead atoms. The smallest absolute Gasteiger partial charge is 0.472 e. The van der Waals surface area contributed by atoms with Crippen LogP contribution in [0.25, 0.3) is 0 Å². The molecule has 0 saturated carbocycles. The highest BCUT2D eigenvalue weighted by Crippen LogP contribution is 2.43. The maximum atomic E-state index is 12.4. The molecule has 0 fully saturated rings. The van der Waals surface area contributed by atoms with Crippen molar-refractivity contribution in [2.24, 2.45) is 5.73 Å². The minimum atomic E-state index is -4.71. The van der Waals surface area contributed by atoms with Crippen LogP contribution in [0.4, 0.5) is 0 Å². The summed E-state index contributed by atoms with van der Waals surface area (Å²) in [6.07, 6.45) is 32.2. The summed E-state index contributed by atoms with van der Waals surface area (Å²) in [4.78, 5) is 45.4. The van der Waals surface area contributed by atoms with Crippen LogP contribution in [0, 0.1) is 0 Å². The third-order valence-electron chi connectivity index (χ3n) is 7.08. The first-order chi connectivity index (χ1) is 23.1. The Morgan fingerprint density at radius 1 is 0.646 bits per heavy atom. The molecular weight excluding hydrogens is 637 g/mol. The number of hydrogen-bond donors (Lipinski definition) is 3. The van der Waals surface area contributed by atoms with Crippen molar-refractivity contribution in [1.82, 2.24) is 0 Å². The molecule has 0 aromatic heterocycles. The summed E-state index contributed by atoms with van der Waals surface area (Å²) in [6, 6.07) is -1.53. The summed E-state index contributed by atoms with van der Waals surface area (Å²) < 4.78 is 32.3. The third-order valence-corrected chi connectivity index (χ3v) is 8.03. The number of phosphoric ester groups is 1. The number of ether oxygens (including phenoxy) is 2. The first kappa shape index (κ1) is 45.4. The molecule has 0 saturated heterocycles. The number of rotatable bonds is 32. The van der Waals surface area contributed by atoms with E-state index in [1.165, 1.54) is 25.7 Å². The van der Waals surface area contributed by atoms with Gasteiger partial charge in [0.2, 0.25) is 0 Å². The Balaban J connectivity index is 4.50. The molecule has 1 unspecified atom stereocenters. The number of unbranched alkanes of at least 4 members (excludes halogenated alkanes) is 10. The van der Waals surface area contributed by atoms with E-state index < -0.39 is 51.1 Å². The summed E-state index contributed by atoms with van der Waals surface area (Å²) in [5, 5.41) is 8.82. The van der Waals surface area contributed by atoms with Crippen molar-refractivity contribution in [2.75, 3.05) is 19.8 Å². The maximum Gasteiger partial charge on any atom is 0.472 e. The van der Waals surface area contributed by atoms with Crippen LogP contribution in [-0.2, 0) is 37.5 Å². The molecule has 0 aliphatic carbocycles. The zero-order chi connectivity index (χ0) is 35.7. The Bertz CT molecular complexity index is 1010. The van der Waals surface area contributed by atoms with Gasteiger partial charge in [0.25, 0.3) is 0 Å². The van der Waals surface area contributed by atoms with Crippen molar-refractivity contribution in [3.8, 4) is 0 Å². The van der Waals surface area contributed by atoms with E-state index in [1.54, 1.807) is 0 Å². The summed E-state index contributed by atoms with van der Waals surface area (Å²) in [5.41, 5.74) is 5.29.